The Labute approximate surface area is 365 Å². The number of hydrogen-bond donors (Lipinski definition) is 0. The highest BCUT2D eigenvalue weighted by atomic mass is 16.3. The maximum atomic E-state index is 6.18. The number of nitrogens with zero attached hydrogens (tertiary/aromatic N) is 2. The highest BCUT2D eigenvalue weighted by Gasteiger charge is 2.23. The number of furan rings is 1. The molecular weight excluding hydrogens is 765 g/mol. The molecule has 3 aromatic heterocycles. The maximum Gasteiger partial charge on any atom is 0.135 e. The summed E-state index contributed by atoms with van der Waals surface area (Å²) in [4.78, 5) is 0. The van der Waals surface area contributed by atoms with E-state index in [0.717, 1.165) is 23.5 Å². The summed E-state index contributed by atoms with van der Waals surface area (Å²) in [5.41, 5.74) is 17.9. The second-order valence-corrected chi connectivity index (χ2v) is 16.8. The van der Waals surface area contributed by atoms with Gasteiger partial charge in [-0.05, 0) is 107 Å². The normalized spacial score (nSPS) is 13.7. The van der Waals surface area contributed by atoms with Crippen LogP contribution >= 0.6 is 0 Å². The van der Waals surface area contributed by atoms with Crippen LogP contribution in [0.4, 0.5) is 0 Å². The van der Waals surface area contributed by atoms with Gasteiger partial charge in [0.25, 0.3) is 0 Å². The van der Waals surface area contributed by atoms with Gasteiger partial charge in [-0.15, -0.1) is 0 Å². The van der Waals surface area contributed by atoms with Gasteiger partial charge in [0, 0.05) is 49.7 Å². The zero-order chi connectivity index (χ0) is 41.4. The van der Waals surface area contributed by atoms with Gasteiger partial charge in [-0.2, -0.15) is 0 Å². The molecule has 0 saturated heterocycles. The van der Waals surface area contributed by atoms with E-state index in [1.165, 1.54) is 99.2 Å². The number of rotatable bonds is 6. The first-order valence-corrected chi connectivity index (χ1v) is 21.9. The third-order valence-electron chi connectivity index (χ3n) is 13.3. The molecule has 1 unspecified atom stereocenters. The molecule has 0 bridgehead atoms. The molecule has 63 heavy (non-hydrogen) atoms. The third-order valence-corrected chi connectivity index (χ3v) is 13.3. The van der Waals surface area contributed by atoms with E-state index in [0.29, 0.717) is 0 Å². The number of aromatic nitrogens is 2. The lowest BCUT2D eigenvalue weighted by Crippen LogP contribution is -2.05. The van der Waals surface area contributed by atoms with E-state index in [9.17, 15) is 0 Å². The second kappa shape index (κ2) is 14.2. The van der Waals surface area contributed by atoms with Crippen molar-refractivity contribution < 1.29 is 4.42 Å². The average molecular weight is 805 g/mol. The maximum absolute atomic E-state index is 6.18. The minimum absolute atomic E-state index is 0.280. The summed E-state index contributed by atoms with van der Waals surface area (Å²) in [6, 6.07) is 77.5. The largest absolute Gasteiger partial charge is 0.456 e. The lowest BCUT2D eigenvalue weighted by atomic mass is 9.87. The summed E-state index contributed by atoms with van der Waals surface area (Å²) >= 11 is 0. The number of fused-ring (bicyclic) bond motifs is 9. The molecule has 13 rings (SSSR count). The fourth-order valence-electron chi connectivity index (χ4n) is 10.4. The third kappa shape index (κ3) is 5.67. The van der Waals surface area contributed by atoms with E-state index in [-0.39, 0.29) is 5.92 Å². The van der Waals surface area contributed by atoms with Crippen LogP contribution in [0.1, 0.15) is 22.8 Å². The Morgan fingerprint density at radius 3 is 1.81 bits per heavy atom. The van der Waals surface area contributed by atoms with Gasteiger partial charge in [0.15, 0.2) is 0 Å². The monoisotopic (exact) mass is 804 g/mol. The molecule has 0 spiro atoms. The summed E-state index contributed by atoms with van der Waals surface area (Å²) in [7, 11) is 0. The van der Waals surface area contributed by atoms with Crippen molar-refractivity contribution in [2.75, 3.05) is 0 Å². The summed E-state index contributed by atoms with van der Waals surface area (Å²) < 4.78 is 11.1. The highest BCUT2D eigenvalue weighted by Crippen LogP contribution is 2.43. The topological polar surface area (TPSA) is 23.0 Å². The molecule has 3 nitrogen and oxygen atoms in total. The Hall–Kier alpha value is -8.14. The van der Waals surface area contributed by atoms with Crippen LogP contribution in [-0.4, -0.2) is 9.13 Å². The highest BCUT2D eigenvalue weighted by molar-refractivity contribution is 6.17. The average Bonchev–Trinajstić information content (AvgIpc) is 4.01. The van der Waals surface area contributed by atoms with Gasteiger partial charge in [-0.1, -0.05) is 158 Å². The molecule has 1 aliphatic carbocycles. The van der Waals surface area contributed by atoms with Crippen molar-refractivity contribution in [1.29, 1.82) is 0 Å². The van der Waals surface area contributed by atoms with Crippen LogP contribution in [0, 0.1) is 0 Å². The predicted molar refractivity (Wildman–Crippen MR) is 263 cm³/mol. The zero-order valence-corrected chi connectivity index (χ0v) is 34.4. The number of benzene rings is 9. The summed E-state index contributed by atoms with van der Waals surface area (Å²) in [6.07, 6.45) is 5.38. The van der Waals surface area contributed by atoms with E-state index >= 15 is 0 Å². The smallest absolute Gasteiger partial charge is 0.135 e. The molecule has 0 N–H and O–H groups in total. The lowest BCUT2D eigenvalue weighted by molar-refractivity contribution is 0.591. The molecule has 0 saturated carbocycles. The van der Waals surface area contributed by atoms with Gasteiger partial charge < -0.3 is 13.6 Å². The first-order chi connectivity index (χ1) is 31.2. The molecule has 296 valence electrons. The molecule has 0 radical (unpaired) electrons. The lowest BCUT2D eigenvalue weighted by Gasteiger charge is -2.18. The quantitative estimate of drug-likeness (QED) is 0.164. The molecule has 12 aromatic rings. The minimum atomic E-state index is 0.280. The number of para-hydroxylation sites is 3. The first-order valence-electron chi connectivity index (χ1n) is 21.9. The van der Waals surface area contributed by atoms with Crippen molar-refractivity contribution in [3.05, 3.63) is 235 Å². The van der Waals surface area contributed by atoms with Crippen molar-refractivity contribution in [2.45, 2.75) is 12.3 Å². The fourth-order valence-corrected chi connectivity index (χ4v) is 10.4. The SMILES string of the molecule is C1=CC(c2ccc(-n3c4ccc(-c5ccc6c(c5)c5ccccc5n6-c5ccccc5-c5ccccc5)cc4c4c(-c5ccccc5)cccc43)cc2)Cc2c1oc1ccccc21. The summed E-state index contributed by atoms with van der Waals surface area (Å²) in [5, 5.41) is 6.19. The Morgan fingerprint density at radius 2 is 1.02 bits per heavy atom. The zero-order valence-electron chi connectivity index (χ0n) is 34.4. The minimum Gasteiger partial charge on any atom is -0.456 e. The Balaban J connectivity index is 0.949. The molecular formula is C60H40N2O. The summed E-state index contributed by atoms with van der Waals surface area (Å²) in [6.45, 7) is 0. The van der Waals surface area contributed by atoms with Crippen molar-refractivity contribution in [2.24, 2.45) is 0 Å². The van der Waals surface area contributed by atoms with Crippen LogP contribution in [0.5, 0.6) is 0 Å². The van der Waals surface area contributed by atoms with Crippen LogP contribution in [0.15, 0.2) is 223 Å². The van der Waals surface area contributed by atoms with Crippen LogP contribution in [0.3, 0.4) is 0 Å². The Kier molecular flexibility index (Phi) is 8.04. The molecule has 0 amide bonds. The van der Waals surface area contributed by atoms with Gasteiger partial charge in [-0.25, -0.2) is 0 Å². The van der Waals surface area contributed by atoms with Crippen LogP contribution < -0.4 is 0 Å². The van der Waals surface area contributed by atoms with Crippen molar-refractivity contribution in [1.82, 2.24) is 9.13 Å². The molecule has 1 atom stereocenters. The van der Waals surface area contributed by atoms with E-state index in [4.69, 9.17) is 4.42 Å². The summed E-state index contributed by atoms with van der Waals surface area (Å²) in [5.74, 6) is 1.27. The van der Waals surface area contributed by atoms with Crippen LogP contribution in [-0.2, 0) is 6.42 Å². The molecule has 3 heterocycles. The number of hydrogen-bond acceptors (Lipinski definition) is 1. The van der Waals surface area contributed by atoms with E-state index < -0.39 is 0 Å². The molecule has 0 aliphatic heterocycles. The Bertz CT molecular complexity index is 3750. The molecule has 9 aromatic carbocycles. The second-order valence-electron chi connectivity index (χ2n) is 16.8. The molecule has 0 fully saturated rings. The van der Waals surface area contributed by atoms with Gasteiger partial charge in [-0.3, -0.25) is 0 Å². The fraction of sp³-hybridized carbons (Fsp3) is 0.0333. The van der Waals surface area contributed by atoms with Gasteiger partial charge in [0.05, 0.1) is 27.8 Å². The van der Waals surface area contributed by atoms with Gasteiger partial charge in [0.1, 0.15) is 11.3 Å². The van der Waals surface area contributed by atoms with Crippen molar-refractivity contribution in [3.8, 4) is 44.8 Å². The molecule has 1 aliphatic rings. The van der Waals surface area contributed by atoms with Gasteiger partial charge >= 0.3 is 0 Å². The van der Waals surface area contributed by atoms with Crippen LogP contribution in [0.25, 0.3) is 105 Å². The van der Waals surface area contributed by atoms with Crippen molar-refractivity contribution in [3.63, 3.8) is 0 Å². The first kappa shape index (κ1) is 35.6. The van der Waals surface area contributed by atoms with Crippen LogP contribution in [0.2, 0.25) is 0 Å². The van der Waals surface area contributed by atoms with E-state index in [1.54, 1.807) is 0 Å². The van der Waals surface area contributed by atoms with E-state index in [2.05, 4.69) is 228 Å². The van der Waals surface area contributed by atoms with E-state index in [1.807, 2.05) is 6.07 Å². The Morgan fingerprint density at radius 1 is 0.413 bits per heavy atom. The standard InChI is InChI=1S/C60H40N2O/c1-3-14-40(15-4-1)46-18-7-10-22-53(46)62-54-23-11-8-19-48(54)50-36-43(28-33-55(50)62)44-29-34-56-52(38-44)60-47(41-16-5-2-6-17-41)21-13-24-57(60)61(56)45-31-26-39(27-32-45)42-30-35-59-51(37-42)49-20-9-12-25-58(49)63-59/h1-36,38,42H,37H2. The van der Waals surface area contributed by atoms with Gasteiger partial charge in [0.2, 0.25) is 0 Å². The molecule has 3 heteroatoms. The predicted octanol–water partition coefficient (Wildman–Crippen LogP) is 16.0. The number of allylic oxidation sites excluding steroid dienone is 1. The van der Waals surface area contributed by atoms with Crippen molar-refractivity contribution >= 4 is 60.7 Å².